The van der Waals surface area contributed by atoms with E-state index in [0.717, 1.165) is 5.69 Å². The number of nitrogens with one attached hydrogen (secondary N) is 1. The van der Waals surface area contributed by atoms with Crippen LogP contribution < -0.4 is 5.32 Å². The van der Waals surface area contributed by atoms with Crippen LogP contribution in [0.2, 0.25) is 5.02 Å². The summed E-state index contributed by atoms with van der Waals surface area (Å²) in [5, 5.41) is 8.26. The highest BCUT2D eigenvalue weighted by atomic mass is 35.5. The van der Waals surface area contributed by atoms with Gasteiger partial charge in [-0.2, -0.15) is 5.10 Å². The Morgan fingerprint density at radius 1 is 1.14 bits per heavy atom. The van der Waals surface area contributed by atoms with Crippen molar-refractivity contribution in [2.24, 2.45) is 0 Å². The zero-order valence-electron chi connectivity index (χ0n) is 14.8. The van der Waals surface area contributed by atoms with Crippen molar-refractivity contribution in [2.45, 2.75) is 6.92 Å². The SMILES string of the molecule is [C-]#[N+]c1ccc(NC(=O)c2cnc3c(c(C)nn3-c3ccccc3)c2Cl)cc1. The number of para-hydroxylation sites is 1. The summed E-state index contributed by atoms with van der Waals surface area (Å²) in [4.78, 5) is 20.5. The highest BCUT2D eigenvalue weighted by Crippen LogP contribution is 2.30. The Kier molecular flexibility index (Phi) is 4.52. The number of rotatable bonds is 3. The van der Waals surface area contributed by atoms with Crippen molar-refractivity contribution in [1.29, 1.82) is 0 Å². The summed E-state index contributed by atoms with van der Waals surface area (Å²) < 4.78 is 1.71. The van der Waals surface area contributed by atoms with E-state index in [1.807, 2.05) is 37.3 Å². The summed E-state index contributed by atoms with van der Waals surface area (Å²) in [7, 11) is 0. The molecule has 1 N–H and O–H groups in total. The molecule has 2 heterocycles. The molecule has 0 saturated carbocycles. The summed E-state index contributed by atoms with van der Waals surface area (Å²) in [6.45, 7) is 8.82. The van der Waals surface area contributed by atoms with Crippen molar-refractivity contribution in [3.8, 4) is 5.69 Å². The van der Waals surface area contributed by atoms with Gasteiger partial charge in [-0.25, -0.2) is 14.5 Å². The molecule has 2 aromatic heterocycles. The van der Waals surface area contributed by atoms with Gasteiger partial charge in [0.1, 0.15) is 0 Å². The fourth-order valence-electron chi connectivity index (χ4n) is 2.93. The Bertz CT molecular complexity index is 1220. The number of carbonyl (C=O) groups is 1. The number of benzene rings is 2. The third-order valence-corrected chi connectivity index (χ3v) is 4.70. The van der Waals surface area contributed by atoms with Crippen molar-refractivity contribution >= 4 is 39.9 Å². The number of halogens is 1. The highest BCUT2D eigenvalue weighted by Gasteiger charge is 2.20. The molecule has 0 aliphatic heterocycles. The molecule has 2 aromatic carbocycles. The maximum atomic E-state index is 12.7. The number of hydrogen-bond acceptors (Lipinski definition) is 3. The van der Waals surface area contributed by atoms with Crippen LogP contribution in [-0.4, -0.2) is 20.7 Å². The lowest BCUT2D eigenvalue weighted by molar-refractivity contribution is 0.102. The molecule has 0 saturated heterocycles. The van der Waals surface area contributed by atoms with Crippen molar-refractivity contribution in [3.63, 3.8) is 0 Å². The molecule has 4 aromatic rings. The molecule has 136 valence electrons. The highest BCUT2D eigenvalue weighted by molar-refractivity contribution is 6.39. The molecular weight excluding hydrogens is 374 g/mol. The van der Waals surface area contributed by atoms with Crippen LogP contribution in [0, 0.1) is 13.5 Å². The average molecular weight is 388 g/mol. The predicted molar refractivity (Wildman–Crippen MR) is 109 cm³/mol. The number of nitrogens with zero attached hydrogens (tertiary/aromatic N) is 4. The molecule has 0 aliphatic rings. The molecule has 6 nitrogen and oxygen atoms in total. The van der Waals surface area contributed by atoms with Crippen LogP contribution in [0.3, 0.4) is 0 Å². The van der Waals surface area contributed by atoms with Gasteiger partial charge in [-0.15, -0.1) is 0 Å². The molecule has 0 fully saturated rings. The number of amides is 1. The van der Waals surface area contributed by atoms with E-state index in [9.17, 15) is 4.79 Å². The van der Waals surface area contributed by atoms with Crippen molar-refractivity contribution in [2.75, 3.05) is 5.32 Å². The smallest absolute Gasteiger partial charge is 0.258 e. The second-order valence-corrected chi connectivity index (χ2v) is 6.51. The minimum Gasteiger partial charge on any atom is -0.322 e. The van der Waals surface area contributed by atoms with Crippen LogP contribution in [0.15, 0.2) is 60.8 Å². The second kappa shape index (κ2) is 7.14. The maximum absolute atomic E-state index is 12.7. The van der Waals surface area contributed by atoms with E-state index >= 15 is 0 Å². The Labute approximate surface area is 166 Å². The number of fused-ring (bicyclic) bond motifs is 1. The molecular formula is C21H14ClN5O. The summed E-state index contributed by atoms with van der Waals surface area (Å²) in [5.41, 5.74) is 3.48. The Hall–Kier alpha value is -3.69. The molecule has 0 spiro atoms. The Morgan fingerprint density at radius 2 is 1.86 bits per heavy atom. The van der Waals surface area contributed by atoms with Gasteiger partial charge in [0.2, 0.25) is 0 Å². The fraction of sp³-hybridized carbons (Fsp3) is 0.0476. The van der Waals surface area contributed by atoms with E-state index in [4.69, 9.17) is 18.2 Å². The lowest BCUT2D eigenvalue weighted by atomic mass is 10.2. The fourth-order valence-corrected chi connectivity index (χ4v) is 3.29. The van der Waals surface area contributed by atoms with Crippen LogP contribution in [0.1, 0.15) is 16.1 Å². The van der Waals surface area contributed by atoms with E-state index in [2.05, 4.69) is 20.2 Å². The number of aromatic nitrogens is 3. The van der Waals surface area contributed by atoms with E-state index in [1.165, 1.54) is 6.20 Å². The summed E-state index contributed by atoms with van der Waals surface area (Å²) >= 11 is 6.56. The predicted octanol–water partition coefficient (Wildman–Crippen LogP) is 5.19. The van der Waals surface area contributed by atoms with Crippen LogP contribution >= 0.6 is 11.6 Å². The van der Waals surface area contributed by atoms with E-state index in [1.54, 1.807) is 28.9 Å². The Balaban J connectivity index is 1.72. The van der Waals surface area contributed by atoms with Gasteiger partial charge >= 0.3 is 0 Å². The Morgan fingerprint density at radius 3 is 2.54 bits per heavy atom. The molecule has 0 radical (unpaired) electrons. The van der Waals surface area contributed by atoms with Crippen LogP contribution in [0.5, 0.6) is 0 Å². The minimum atomic E-state index is -0.373. The minimum absolute atomic E-state index is 0.263. The third kappa shape index (κ3) is 3.08. The number of hydrogen-bond donors (Lipinski definition) is 1. The monoisotopic (exact) mass is 387 g/mol. The van der Waals surface area contributed by atoms with Gasteiger partial charge in [-0.3, -0.25) is 4.79 Å². The molecule has 1 amide bonds. The van der Waals surface area contributed by atoms with Gasteiger partial charge in [0.05, 0.1) is 33.9 Å². The van der Waals surface area contributed by atoms with Gasteiger partial charge in [0.15, 0.2) is 11.3 Å². The summed E-state index contributed by atoms with van der Waals surface area (Å²) in [6.07, 6.45) is 1.45. The lowest BCUT2D eigenvalue weighted by Gasteiger charge is -2.08. The molecule has 4 rings (SSSR count). The van der Waals surface area contributed by atoms with Crippen LogP contribution in [0.4, 0.5) is 11.4 Å². The first-order valence-corrected chi connectivity index (χ1v) is 8.84. The van der Waals surface area contributed by atoms with Crippen molar-refractivity contribution < 1.29 is 4.79 Å². The first kappa shape index (κ1) is 17.7. The second-order valence-electron chi connectivity index (χ2n) is 6.13. The standard InChI is InChI=1S/C21H14ClN5O/c1-13-18-19(22)17(21(28)25-15-10-8-14(23-2)9-11-15)12-24-20(18)27(26-13)16-6-4-3-5-7-16/h3-12H,1H3,(H,25,28). The van der Waals surface area contributed by atoms with Gasteiger partial charge in [-0.05, 0) is 31.2 Å². The third-order valence-electron chi connectivity index (χ3n) is 4.31. The normalized spacial score (nSPS) is 10.6. The maximum Gasteiger partial charge on any atom is 0.258 e. The lowest BCUT2D eigenvalue weighted by Crippen LogP contribution is -2.13. The zero-order valence-corrected chi connectivity index (χ0v) is 15.6. The van der Waals surface area contributed by atoms with Gasteiger partial charge in [0, 0.05) is 11.9 Å². The van der Waals surface area contributed by atoms with E-state index in [0.29, 0.717) is 33.1 Å². The zero-order chi connectivity index (χ0) is 19.7. The number of pyridine rings is 1. The number of aryl methyl sites for hydroxylation is 1. The largest absolute Gasteiger partial charge is 0.322 e. The van der Waals surface area contributed by atoms with Crippen molar-refractivity contribution in [3.05, 3.63) is 88.5 Å². The van der Waals surface area contributed by atoms with Crippen LogP contribution in [-0.2, 0) is 0 Å². The number of anilines is 1. The topological polar surface area (TPSA) is 64.2 Å². The van der Waals surface area contributed by atoms with E-state index in [-0.39, 0.29) is 11.5 Å². The van der Waals surface area contributed by atoms with Crippen LogP contribution in [0.25, 0.3) is 21.6 Å². The quantitative estimate of drug-likeness (QED) is 0.492. The first-order chi connectivity index (χ1) is 13.6. The van der Waals surface area contributed by atoms with Gasteiger partial charge in [-0.1, -0.05) is 41.9 Å². The van der Waals surface area contributed by atoms with Gasteiger partial charge in [0.25, 0.3) is 5.91 Å². The summed E-state index contributed by atoms with van der Waals surface area (Å²) in [5.74, 6) is -0.373. The summed E-state index contributed by atoms with van der Waals surface area (Å²) in [6, 6.07) is 16.2. The number of carbonyl (C=O) groups excluding carboxylic acids is 1. The molecule has 0 bridgehead atoms. The molecule has 0 atom stereocenters. The molecule has 0 unspecified atom stereocenters. The van der Waals surface area contributed by atoms with E-state index < -0.39 is 0 Å². The first-order valence-electron chi connectivity index (χ1n) is 8.46. The average Bonchev–Trinajstić information content (AvgIpc) is 3.07. The molecule has 28 heavy (non-hydrogen) atoms. The van der Waals surface area contributed by atoms with Crippen molar-refractivity contribution in [1.82, 2.24) is 14.8 Å². The molecule has 7 heteroatoms. The molecule has 0 aliphatic carbocycles. The van der Waals surface area contributed by atoms with Gasteiger partial charge < -0.3 is 5.32 Å².